The lowest BCUT2D eigenvalue weighted by Crippen LogP contribution is -2.31. The number of amides is 1. The number of imidazole rings is 1. The van der Waals surface area contributed by atoms with Crippen molar-refractivity contribution in [1.82, 2.24) is 14.5 Å². The molecule has 144 valence electrons. The lowest BCUT2D eigenvalue weighted by molar-refractivity contribution is 0.0990. The molecule has 4 aromatic rings. The van der Waals surface area contributed by atoms with Gasteiger partial charge in [0.15, 0.2) is 5.13 Å². The van der Waals surface area contributed by atoms with Crippen LogP contribution in [0.1, 0.15) is 23.0 Å². The highest BCUT2D eigenvalue weighted by Crippen LogP contribution is 2.32. The average Bonchev–Trinajstić information content (AvgIpc) is 3.46. The lowest BCUT2D eigenvalue weighted by Gasteiger charge is -2.19. The van der Waals surface area contributed by atoms with Crippen LogP contribution in [0.25, 0.3) is 10.2 Å². The number of carbonyl (C=O) groups is 1. The van der Waals surface area contributed by atoms with E-state index in [9.17, 15) is 4.79 Å². The summed E-state index contributed by atoms with van der Waals surface area (Å²) in [5, 5.41) is 2.64. The largest absolute Gasteiger partial charge is 0.494 e. The van der Waals surface area contributed by atoms with Crippen LogP contribution in [-0.2, 0) is 6.54 Å². The van der Waals surface area contributed by atoms with Crippen LogP contribution in [0.4, 0.5) is 5.13 Å². The van der Waals surface area contributed by atoms with Crippen LogP contribution < -0.4 is 9.64 Å². The molecule has 28 heavy (non-hydrogen) atoms. The maximum atomic E-state index is 13.1. The molecule has 1 amide bonds. The molecule has 0 aliphatic rings. The van der Waals surface area contributed by atoms with E-state index < -0.39 is 0 Å². The van der Waals surface area contributed by atoms with Crippen LogP contribution in [0.2, 0.25) is 0 Å². The van der Waals surface area contributed by atoms with E-state index in [1.165, 1.54) is 22.7 Å². The van der Waals surface area contributed by atoms with Gasteiger partial charge in [0.2, 0.25) is 0 Å². The Hall–Kier alpha value is -2.71. The molecule has 0 radical (unpaired) electrons. The molecule has 0 N–H and O–H groups in total. The van der Waals surface area contributed by atoms with Crippen LogP contribution in [-0.4, -0.2) is 33.6 Å². The Morgan fingerprint density at radius 3 is 3.00 bits per heavy atom. The molecule has 0 bridgehead atoms. The number of thiazole rings is 1. The fourth-order valence-corrected chi connectivity index (χ4v) is 4.60. The number of rotatable bonds is 8. The monoisotopic (exact) mass is 412 g/mol. The summed E-state index contributed by atoms with van der Waals surface area (Å²) in [7, 11) is 0. The van der Waals surface area contributed by atoms with Crippen molar-refractivity contribution in [3.05, 3.63) is 59.3 Å². The Kier molecular flexibility index (Phi) is 5.68. The SMILES string of the molecule is CCOc1ccc2nc(N(CCCn3ccnc3)C(=O)c3cccs3)sc2c1. The van der Waals surface area contributed by atoms with Crippen LogP contribution in [0, 0.1) is 0 Å². The highest BCUT2D eigenvalue weighted by molar-refractivity contribution is 7.22. The van der Waals surface area contributed by atoms with Gasteiger partial charge in [0.25, 0.3) is 5.91 Å². The first-order valence-electron chi connectivity index (χ1n) is 9.09. The minimum atomic E-state index is -0.00952. The molecule has 3 aromatic heterocycles. The van der Waals surface area contributed by atoms with Gasteiger partial charge in [0, 0.05) is 25.5 Å². The number of anilines is 1. The van der Waals surface area contributed by atoms with Crippen LogP contribution in [0.5, 0.6) is 5.75 Å². The summed E-state index contributed by atoms with van der Waals surface area (Å²) in [6.45, 7) is 3.97. The van der Waals surface area contributed by atoms with E-state index in [1.54, 1.807) is 17.4 Å². The zero-order chi connectivity index (χ0) is 19.3. The zero-order valence-electron chi connectivity index (χ0n) is 15.4. The number of aromatic nitrogens is 3. The molecule has 0 fully saturated rings. The molecule has 4 rings (SSSR count). The highest BCUT2D eigenvalue weighted by Gasteiger charge is 2.22. The summed E-state index contributed by atoms with van der Waals surface area (Å²) in [4.78, 5) is 24.4. The number of nitrogens with zero attached hydrogens (tertiary/aromatic N) is 4. The molecule has 6 nitrogen and oxygen atoms in total. The van der Waals surface area contributed by atoms with Gasteiger partial charge in [0.1, 0.15) is 5.75 Å². The maximum Gasteiger partial charge on any atom is 0.270 e. The number of thiophene rings is 1. The van der Waals surface area contributed by atoms with E-state index in [0.717, 1.165) is 33.8 Å². The van der Waals surface area contributed by atoms with Crippen LogP contribution in [0.3, 0.4) is 0 Å². The van der Waals surface area contributed by atoms with Crippen molar-refractivity contribution in [2.24, 2.45) is 0 Å². The van der Waals surface area contributed by atoms with Gasteiger partial charge in [-0.25, -0.2) is 9.97 Å². The molecule has 8 heteroatoms. The summed E-state index contributed by atoms with van der Waals surface area (Å²) in [6.07, 6.45) is 6.29. The maximum absolute atomic E-state index is 13.1. The first-order chi connectivity index (χ1) is 13.7. The van der Waals surface area contributed by atoms with Gasteiger partial charge in [-0.3, -0.25) is 9.69 Å². The summed E-state index contributed by atoms with van der Waals surface area (Å²) >= 11 is 2.97. The number of hydrogen-bond donors (Lipinski definition) is 0. The summed E-state index contributed by atoms with van der Waals surface area (Å²) < 4.78 is 8.62. The second-order valence-corrected chi connectivity index (χ2v) is 8.10. The molecule has 0 spiro atoms. The Balaban J connectivity index is 1.60. The van der Waals surface area contributed by atoms with E-state index in [2.05, 4.69) is 4.98 Å². The zero-order valence-corrected chi connectivity index (χ0v) is 17.1. The molecule has 0 unspecified atom stereocenters. The van der Waals surface area contributed by atoms with Gasteiger partial charge in [-0.1, -0.05) is 17.4 Å². The average molecular weight is 413 g/mol. The highest BCUT2D eigenvalue weighted by atomic mass is 32.1. The normalized spacial score (nSPS) is 11.0. The van der Waals surface area contributed by atoms with Gasteiger partial charge >= 0.3 is 0 Å². The molecule has 3 heterocycles. The first-order valence-corrected chi connectivity index (χ1v) is 10.8. The first kappa shape index (κ1) is 18.6. The van der Waals surface area contributed by atoms with Crippen molar-refractivity contribution in [1.29, 1.82) is 0 Å². The third kappa shape index (κ3) is 4.07. The van der Waals surface area contributed by atoms with Crippen molar-refractivity contribution in [3.63, 3.8) is 0 Å². The van der Waals surface area contributed by atoms with Crippen LogP contribution >= 0.6 is 22.7 Å². The minimum Gasteiger partial charge on any atom is -0.494 e. The van der Waals surface area contributed by atoms with Gasteiger partial charge < -0.3 is 9.30 Å². The number of carbonyl (C=O) groups excluding carboxylic acids is 1. The fraction of sp³-hybridized carbons (Fsp3) is 0.250. The molecule has 0 saturated carbocycles. The molecule has 0 saturated heterocycles. The number of fused-ring (bicyclic) bond motifs is 1. The quantitative estimate of drug-likeness (QED) is 0.421. The topological polar surface area (TPSA) is 60.2 Å². The van der Waals surface area contributed by atoms with E-state index in [0.29, 0.717) is 18.3 Å². The molecule has 0 aliphatic heterocycles. The van der Waals surface area contributed by atoms with Crippen molar-refractivity contribution in [2.75, 3.05) is 18.1 Å². The standard InChI is InChI=1S/C20H20N4O2S2/c1-2-26-15-6-7-16-18(13-15)28-20(22-16)24(19(25)17-5-3-12-27-17)10-4-9-23-11-8-21-14-23/h3,5-8,11-14H,2,4,9-10H2,1H3. The predicted molar refractivity (Wildman–Crippen MR) is 114 cm³/mol. The number of hydrogen-bond acceptors (Lipinski definition) is 6. The number of ether oxygens (including phenoxy) is 1. The molecular formula is C20H20N4O2S2. The molecule has 0 aliphatic carbocycles. The van der Waals surface area contributed by atoms with Gasteiger partial charge in [-0.2, -0.15) is 0 Å². The van der Waals surface area contributed by atoms with Crippen molar-refractivity contribution in [2.45, 2.75) is 19.9 Å². The van der Waals surface area contributed by atoms with Crippen LogP contribution in [0.15, 0.2) is 54.4 Å². The van der Waals surface area contributed by atoms with Gasteiger partial charge in [-0.15, -0.1) is 11.3 Å². The smallest absolute Gasteiger partial charge is 0.270 e. The summed E-state index contributed by atoms with van der Waals surface area (Å²) in [6, 6.07) is 9.60. The Morgan fingerprint density at radius 2 is 2.25 bits per heavy atom. The third-order valence-corrected chi connectivity index (χ3v) is 6.12. The minimum absolute atomic E-state index is 0.00952. The lowest BCUT2D eigenvalue weighted by atomic mass is 10.3. The fourth-order valence-electron chi connectivity index (χ4n) is 2.91. The third-order valence-electron chi connectivity index (χ3n) is 4.22. The second-order valence-electron chi connectivity index (χ2n) is 6.15. The molecule has 0 atom stereocenters. The second kappa shape index (κ2) is 8.53. The van der Waals surface area contributed by atoms with Gasteiger partial charge in [0.05, 0.1) is 28.0 Å². The molecule has 1 aromatic carbocycles. The Bertz CT molecular complexity index is 1040. The van der Waals surface area contributed by atoms with Crippen molar-refractivity contribution >= 4 is 43.9 Å². The van der Waals surface area contributed by atoms with Gasteiger partial charge in [-0.05, 0) is 43.0 Å². The summed E-state index contributed by atoms with van der Waals surface area (Å²) in [5.41, 5.74) is 0.877. The van der Waals surface area contributed by atoms with E-state index >= 15 is 0 Å². The number of benzene rings is 1. The van der Waals surface area contributed by atoms with Crippen molar-refractivity contribution in [3.8, 4) is 5.75 Å². The van der Waals surface area contributed by atoms with E-state index in [4.69, 9.17) is 9.72 Å². The summed E-state index contributed by atoms with van der Waals surface area (Å²) in [5.74, 6) is 0.811. The Morgan fingerprint density at radius 1 is 1.32 bits per heavy atom. The van der Waals surface area contributed by atoms with E-state index in [1.807, 2.05) is 53.4 Å². The van der Waals surface area contributed by atoms with E-state index in [-0.39, 0.29) is 5.91 Å². The molecular weight excluding hydrogens is 392 g/mol. The number of aryl methyl sites for hydroxylation is 1. The van der Waals surface area contributed by atoms with Crippen molar-refractivity contribution < 1.29 is 9.53 Å². The predicted octanol–water partition coefficient (Wildman–Crippen LogP) is 4.69. The Labute approximate surface area is 171 Å².